The number of carboxylic acid groups (broad SMARTS) is 1. The summed E-state index contributed by atoms with van der Waals surface area (Å²) in [5.41, 5.74) is -2.31. The first-order valence-corrected chi connectivity index (χ1v) is 7.91. The summed E-state index contributed by atoms with van der Waals surface area (Å²) in [4.78, 5) is 24.7. The highest BCUT2D eigenvalue weighted by molar-refractivity contribution is 5.86. The average Bonchev–Trinajstić information content (AvgIpc) is 3.34. The molecule has 0 radical (unpaired) electrons. The van der Waals surface area contributed by atoms with Crippen molar-refractivity contribution in [1.29, 1.82) is 0 Å². The van der Waals surface area contributed by atoms with Gasteiger partial charge in [-0.15, -0.1) is 0 Å². The summed E-state index contributed by atoms with van der Waals surface area (Å²) in [6.07, 6.45) is -5.37. The largest absolute Gasteiger partial charge is 0.465 e. The van der Waals surface area contributed by atoms with Crippen LogP contribution in [0.4, 0.5) is 22.4 Å². The molecule has 10 heteroatoms. The van der Waals surface area contributed by atoms with Crippen LogP contribution in [0.25, 0.3) is 0 Å². The molecular weight excluding hydrogens is 360 g/mol. The quantitative estimate of drug-likeness (QED) is 0.794. The molecule has 2 fully saturated rings. The molecule has 2 aliphatic rings. The van der Waals surface area contributed by atoms with Crippen molar-refractivity contribution in [3.63, 3.8) is 0 Å². The molecule has 3 rings (SSSR count). The number of halogens is 4. The highest BCUT2D eigenvalue weighted by Gasteiger charge is 2.49. The van der Waals surface area contributed by atoms with Crippen LogP contribution in [0.2, 0.25) is 0 Å². The number of nitrogens with one attached hydrogen (secondary N) is 1. The topological polar surface area (TPSA) is 78.9 Å². The van der Waals surface area contributed by atoms with E-state index < -0.39 is 41.1 Å². The second-order valence-corrected chi connectivity index (χ2v) is 6.33. The van der Waals surface area contributed by atoms with Crippen molar-refractivity contribution in [2.24, 2.45) is 0 Å². The molecule has 1 aromatic carbocycles. The predicted octanol–water partition coefficient (Wildman–Crippen LogP) is 2.33. The number of carbonyl (C=O) groups excluding carboxylic acids is 1. The van der Waals surface area contributed by atoms with Crippen LogP contribution in [-0.4, -0.2) is 47.8 Å². The smallest absolute Gasteiger partial charge is 0.419 e. The van der Waals surface area contributed by atoms with E-state index in [4.69, 9.17) is 9.84 Å². The summed E-state index contributed by atoms with van der Waals surface area (Å²) in [5, 5.41) is 11.8. The Morgan fingerprint density at radius 2 is 2.00 bits per heavy atom. The first-order chi connectivity index (χ1) is 12.1. The predicted molar refractivity (Wildman–Crippen MR) is 79.8 cm³/mol. The molecule has 1 atom stereocenters. The zero-order valence-corrected chi connectivity index (χ0v) is 13.5. The maximum Gasteiger partial charge on any atom is 0.419 e. The Kier molecular flexibility index (Phi) is 4.55. The number of morpholine rings is 1. The maximum absolute atomic E-state index is 13.5. The number of benzene rings is 1. The van der Waals surface area contributed by atoms with Crippen molar-refractivity contribution in [2.75, 3.05) is 19.8 Å². The fraction of sp³-hybridized carbons (Fsp3) is 0.500. The van der Waals surface area contributed by atoms with Gasteiger partial charge in [-0.05, 0) is 30.5 Å². The molecule has 1 aliphatic carbocycles. The van der Waals surface area contributed by atoms with Crippen LogP contribution in [0.3, 0.4) is 0 Å². The summed E-state index contributed by atoms with van der Waals surface area (Å²) < 4.78 is 57.4. The molecule has 0 aromatic heterocycles. The minimum absolute atomic E-state index is 0.0230. The van der Waals surface area contributed by atoms with Crippen molar-refractivity contribution >= 4 is 12.0 Å². The van der Waals surface area contributed by atoms with Crippen LogP contribution in [0, 0.1) is 5.82 Å². The van der Waals surface area contributed by atoms with Crippen LogP contribution < -0.4 is 5.32 Å². The van der Waals surface area contributed by atoms with E-state index in [1.54, 1.807) is 0 Å². The van der Waals surface area contributed by atoms with E-state index in [2.05, 4.69) is 5.32 Å². The first kappa shape index (κ1) is 18.4. The standard InChI is InChI=1S/C16H16F4N2O4/c17-11-2-1-9(7-10(11)16(18,19)20)15(3-4-15)21-13(23)12-8-26-6-5-22(12)14(24)25/h1-2,7,12H,3-6,8H2,(H,21,23)(H,24,25)/t12-/m0/s1. The molecule has 1 saturated heterocycles. The van der Waals surface area contributed by atoms with Crippen LogP contribution in [0.5, 0.6) is 0 Å². The van der Waals surface area contributed by atoms with Crippen LogP contribution >= 0.6 is 0 Å². The minimum atomic E-state index is -4.85. The average molecular weight is 376 g/mol. The summed E-state index contributed by atoms with van der Waals surface area (Å²) in [7, 11) is 0. The van der Waals surface area contributed by atoms with E-state index in [0.717, 1.165) is 11.0 Å². The second kappa shape index (κ2) is 6.42. The van der Waals surface area contributed by atoms with Gasteiger partial charge in [0.1, 0.15) is 11.9 Å². The van der Waals surface area contributed by atoms with Gasteiger partial charge in [0.2, 0.25) is 5.91 Å². The lowest BCUT2D eigenvalue weighted by Gasteiger charge is -2.33. The van der Waals surface area contributed by atoms with Crippen LogP contribution in [0.15, 0.2) is 18.2 Å². The Morgan fingerprint density at radius 1 is 1.31 bits per heavy atom. The van der Waals surface area contributed by atoms with Gasteiger partial charge in [0, 0.05) is 6.54 Å². The Bertz CT molecular complexity index is 733. The zero-order chi connectivity index (χ0) is 19.1. The second-order valence-electron chi connectivity index (χ2n) is 6.33. The molecule has 1 aliphatic heterocycles. The van der Waals surface area contributed by atoms with Gasteiger partial charge < -0.3 is 15.2 Å². The van der Waals surface area contributed by atoms with Gasteiger partial charge in [-0.1, -0.05) is 6.07 Å². The molecule has 1 aromatic rings. The molecular formula is C16H16F4N2O4. The molecule has 1 saturated carbocycles. The third kappa shape index (κ3) is 3.46. The van der Waals surface area contributed by atoms with Gasteiger partial charge in [0.15, 0.2) is 0 Å². The normalized spacial score (nSPS) is 22.0. The van der Waals surface area contributed by atoms with Gasteiger partial charge >= 0.3 is 12.3 Å². The number of alkyl halides is 3. The molecule has 6 nitrogen and oxygen atoms in total. The Balaban J connectivity index is 1.81. The Hall–Kier alpha value is -2.36. The van der Waals surface area contributed by atoms with Gasteiger partial charge in [-0.25, -0.2) is 9.18 Å². The third-order valence-electron chi connectivity index (χ3n) is 4.61. The van der Waals surface area contributed by atoms with Crippen molar-refractivity contribution in [1.82, 2.24) is 10.2 Å². The third-order valence-corrected chi connectivity index (χ3v) is 4.61. The van der Waals surface area contributed by atoms with Crippen molar-refractivity contribution in [3.05, 3.63) is 35.1 Å². The number of ether oxygens (including phenoxy) is 1. The lowest BCUT2D eigenvalue weighted by Crippen LogP contribution is -2.57. The monoisotopic (exact) mass is 376 g/mol. The summed E-state index contributed by atoms with van der Waals surface area (Å²) >= 11 is 0. The number of carbonyl (C=O) groups is 2. The summed E-state index contributed by atoms with van der Waals surface area (Å²) in [5.74, 6) is -2.04. The molecule has 0 bridgehead atoms. The highest BCUT2D eigenvalue weighted by Crippen LogP contribution is 2.47. The van der Waals surface area contributed by atoms with Gasteiger partial charge in [0.25, 0.3) is 0 Å². The number of hydrogen-bond donors (Lipinski definition) is 2. The molecule has 0 unspecified atom stereocenters. The van der Waals surface area contributed by atoms with E-state index in [-0.39, 0.29) is 25.3 Å². The number of nitrogens with zero attached hydrogens (tertiary/aromatic N) is 1. The van der Waals surface area contributed by atoms with Crippen molar-refractivity contribution in [3.8, 4) is 0 Å². The number of hydrogen-bond acceptors (Lipinski definition) is 3. The summed E-state index contributed by atoms with van der Waals surface area (Å²) in [6, 6.07) is 1.53. The molecule has 26 heavy (non-hydrogen) atoms. The number of rotatable bonds is 3. The molecule has 2 amide bonds. The fourth-order valence-electron chi connectivity index (χ4n) is 3.02. The lowest BCUT2D eigenvalue weighted by molar-refractivity contribution is -0.140. The summed E-state index contributed by atoms with van der Waals surface area (Å²) in [6.45, 7) is 0.0503. The molecule has 1 heterocycles. The molecule has 142 valence electrons. The SMILES string of the molecule is O=C(NC1(c2ccc(F)c(C(F)(F)F)c2)CC1)[C@@H]1COCCN1C(=O)O. The molecule has 2 N–H and O–H groups in total. The Morgan fingerprint density at radius 3 is 2.58 bits per heavy atom. The van der Waals surface area contributed by atoms with E-state index in [9.17, 15) is 27.2 Å². The van der Waals surface area contributed by atoms with Crippen LogP contribution in [-0.2, 0) is 21.2 Å². The lowest BCUT2D eigenvalue weighted by atomic mass is 10.0. The van der Waals surface area contributed by atoms with Gasteiger partial charge in [0.05, 0.1) is 24.3 Å². The maximum atomic E-state index is 13.5. The van der Waals surface area contributed by atoms with Gasteiger partial charge in [-0.3, -0.25) is 9.69 Å². The molecule has 0 spiro atoms. The minimum Gasteiger partial charge on any atom is -0.465 e. The fourth-order valence-corrected chi connectivity index (χ4v) is 3.02. The van der Waals surface area contributed by atoms with E-state index in [0.29, 0.717) is 18.9 Å². The zero-order valence-electron chi connectivity index (χ0n) is 13.5. The van der Waals surface area contributed by atoms with Crippen molar-refractivity contribution in [2.45, 2.75) is 30.6 Å². The highest BCUT2D eigenvalue weighted by atomic mass is 19.4. The van der Waals surface area contributed by atoms with Crippen molar-refractivity contribution < 1.29 is 37.0 Å². The first-order valence-electron chi connectivity index (χ1n) is 7.91. The Labute approximate surface area is 145 Å². The van der Waals surface area contributed by atoms with E-state index in [1.807, 2.05) is 0 Å². The number of amides is 2. The van der Waals surface area contributed by atoms with Gasteiger partial charge in [-0.2, -0.15) is 13.2 Å². The van der Waals surface area contributed by atoms with E-state index in [1.165, 1.54) is 6.07 Å². The van der Waals surface area contributed by atoms with E-state index >= 15 is 0 Å². The van der Waals surface area contributed by atoms with Crippen LogP contribution in [0.1, 0.15) is 24.0 Å².